The van der Waals surface area contributed by atoms with E-state index in [1.165, 1.54) is 25.7 Å². The van der Waals surface area contributed by atoms with Gasteiger partial charge in [-0.15, -0.1) is 6.58 Å². The van der Waals surface area contributed by atoms with Crippen molar-refractivity contribution < 1.29 is 0 Å². The Morgan fingerprint density at radius 1 is 1.50 bits per heavy atom. The van der Waals surface area contributed by atoms with E-state index < -0.39 is 0 Å². The Kier molecular flexibility index (Phi) is 2.14. The van der Waals surface area contributed by atoms with Gasteiger partial charge < -0.3 is 5.73 Å². The molecule has 0 spiro atoms. The molecule has 0 amide bonds. The number of hydrogen-bond acceptors (Lipinski definition) is 1. The first-order valence-corrected chi connectivity index (χ1v) is 4.10. The second kappa shape index (κ2) is 2.75. The van der Waals surface area contributed by atoms with E-state index in [1.54, 1.807) is 0 Å². The normalized spacial score (nSPS) is 26.2. The van der Waals surface area contributed by atoms with E-state index in [4.69, 9.17) is 5.73 Å². The molecule has 0 aliphatic heterocycles. The molecular weight excluding hydrogens is 122 g/mol. The van der Waals surface area contributed by atoms with Crippen LogP contribution < -0.4 is 5.73 Å². The molecule has 0 aromatic carbocycles. The zero-order valence-corrected chi connectivity index (χ0v) is 6.77. The Labute approximate surface area is 63.3 Å². The fraction of sp³-hybridized carbons (Fsp3) is 0.778. The van der Waals surface area contributed by atoms with Crippen LogP contribution in [0.4, 0.5) is 0 Å². The van der Waals surface area contributed by atoms with Crippen molar-refractivity contribution in [3.63, 3.8) is 0 Å². The Bertz CT molecular complexity index is 121. The summed E-state index contributed by atoms with van der Waals surface area (Å²) in [6.45, 7) is 5.95. The zero-order valence-electron chi connectivity index (χ0n) is 6.77. The molecule has 10 heavy (non-hydrogen) atoms. The van der Waals surface area contributed by atoms with Crippen molar-refractivity contribution in [3.8, 4) is 0 Å². The number of nitrogens with two attached hydrogens (primary N) is 1. The van der Waals surface area contributed by atoms with E-state index in [-0.39, 0.29) is 11.5 Å². The molecule has 1 saturated carbocycles. The van der Waals surface area contributed by atoms with Gasteiger partial charge in [-0.25, -0.2) is 0 Å². The van der Waals surface area contributed by atoms with E-state index in [1.807, 2.05) is 0 Å². The van der Waals surface area contributed by atoms with Gasteiger partial charge in [0, 0.05) is 11.5 Å². The zero-order chi connectivity index (χ0) is 7.61. The van der Waals surface area contributed by atoms with Gasteiger partial charge in [0.25, 0.3) is 0 Å². The highest BCUT2D eigenvalue weighted by Crippen LogP contribution is 2.40. The molecule has 0 heterocycles. The van der Waals surface area contributed by atoms with Crippen LogP contribution in [0.15, 0.2) is 12.7 Å². The lowest BCUT2D eigenvalue weighted by atomic mass is 9.80. The Morgan fingerprint density at radius 3 is 2.20 bits per heavy atom. The van der Waals surface area contributed by atoms with E-state index in [2.05, 4.69) is 19.6 Å². The first kappa shape index (κ1) is 7.80. The molecule has 58 valence electrons. The van der Waals surface area contributed by atoms with Crippen LogP contribution in [-0.4, -0.2) is 6.04 Å². The van der Waals surface area contributed by atoms with Crippen LogP contribution in [0.5, 0.6) is 0 Å². The van der Waals surface area contributed by atoms with Crippen molar-refractivity contribution in [2.24, 2.45) is 11.1 Å². The molecule has 0 aromatic heterocycles. The third-order valence-corrected chi connectivity index (χ3v) is 2.85. The number of hydrogen-bond donors (Lipinski definition) is 1. The molecule has 1 unspecified atom stereocenters. The standard InChI is InChI=1S/C9H17N/c1-3-9(8(2)10)6-4-5-7-9/h3,8H,1,4-7,10H2,2H3. The highest BCUT2D eigenvalue weighted by molar-refractivity contribution is 5.02. The van der Waals surface area contributed by atoms with E-state index in [0.29, 0.717) is 0 Å². The fourth-order valence-electron chi connectivity index (χ4n) is 1.88. The molecule has 0 saturated heterocycles. The summed E-state index contributed by atoms with van der Waals surface area (Å²) in [6.07, 6.45) is 7.20. The Balaban J connectivity index is 2.67. The first-order valence-electron chi connectivity index (χ1n) is 4.10. The molecule has 1 aliphatic rings. The van der Waals surface area contributed by atoms with Gasteiger partial charge in [0.2, 0.25) is 0 Å². The lowest BCUT2D eigenvalue weighted by Crippen LogP contribution is -2.35. The van der Waals surface area contributed by atoms with Gasteiger partial charge in [-0.2, -0.15) is 0 Å². The summed E-state index contributed by atoms with van der Waals surface area (Å²) in [4.78, 5) is 0. The third-order valence-electron chi connectivity index (χ3n) is 2.85. The van der Waals surface area contributed by atoms with Crippen LogP contribution >= 0.6 is 0 Å². The van der Waals surface area contributed by atoms with Gasteiger partial charge in [0.1, 0.15) is 0 Å². The first-order chi connectivity index (χ1) is 4.71. The summed E-state index contributed by atoms with van der Waals surface area (Å²) < 4.78 is 0. The van der Waals surface area contributed by atoms with Crippen LogP contribution in [-0.2, 0) is 0 Å². The van der Waals surface area contributed by atoms with Crippen molar-refractivity contribution >= 4 is 0 Å². The second-order valence-corrected chi connectivity index (χ2v) is 3.43. The van der Waals surface area contributed by atoms with Crippen molar-refractivity contribution in [1.82, 2.24) is 0 Å². The van der Waals surface area contributed by atoms with Crippen molar-refractivity contribution in [3.05, 3.63) is 12.7 Å². The maximum atomic E-state index is 5.87. The molecule has 1 rings (SSSR count). The highest BCUT2D eigenvalue weighted by Gasteiger charge is 2.33. The van der Waals surface area contributed by atoms with Crippen molar-refractivity contribution in [2.45, 2.75) is 38.6 Å². The summed E-state index contributed by atoms with van der Waals surface area (Å²) in [7, 11) is 0. The highest BCUT2D eigenvalue weighted by atomic mass is 14.7. The largest absolute Gasteiger partial charge is 0.327 e. The molecule has 1 fully saturated rings. The minimum absolute atomic E-state index is 0.278. The monoisotopic (exact) mass is 139 g/mol. The third kappa shape index (κ3) is 1.10. The fourth-order valence-corrected chi connectivity index (χ4v) is 1.88. The minimum atomic E-state index is 0.278. The lowest BCUT2D eigenvalue weighted by molar-refractivity contribution is 0.329. The molecule has 0 aromatic rings. The van der Waals surface area contributed by atoms with E-state index in [9.17, 15) is 0 Å². The summed E-state index contributed by atoms with van der Waals surface area (Å²) in [5.41, 5.74) is 6.15. The molecule has 0 radical (unpaired) electrons. The SMILES string of the molecule is C=CC1(C(C)N)CCCC1. The molecule has 1 aliphatic carbocycles. The van der Waals surface area contributed by atoms with Crippen molar-refractivity contribution in [1.29, 1.82) is 0 Å². The maximum Gasteiger partial charge on any atom is 0.0102 e. The Hall–Kier alpha value is -0.300. The van der Waals surface area contributed by atoms with E-state index in [0.717, 1.165) is 0 Å². The predicted molar refractivity (Wildman–Crippen MR) is 44.7 cm³/mol. The van der Waals surface area contributed by atoms with Crippen LogP contribution in [0.3, 0.4) is 0 Å². The van der Waals surface area contributed by atoms with Crippen LogP contribution in [0.25, 0.3) is 0 Å². The molecule has 1 nitrogen and oxygen atoms in total. The van der Waals surface area contributed by atoms with Gasteiger partial charge in [0.05, 0.1) is 0 Å². The van der Waals surface area contributed by atoms with Gasteiger partial charge in [0.15, 0.2) is 0 Å². The lowest BCUT2D eigenvalue weighted by Gasteiger charge is -2.28. The average Bonchev–Trinajstić information content (AvgIpc) is 2.35. The topological polar surface area (TPSA) is 26.0 Å². The smallest absolute Gasteiger partial charge is 0.0102 e. The van der Waals surface area contributed by atoms with E-state index >= 15 is 0 Å². The second-order valence-electron chi connectivity index (χ2n) is 3.43. The molecule has 1 atom stereocenters. The molecule has 2 N–H and O–H groups in total. The van der Waals surface area contributed by atoms with Crippen LogP contribution in [0.1, 0.15) is 32.6 Å². The van der Waals surface area contributed by atoms with Gasteiger partial charge in [-0.3, -0.25) is 0 Å². The molecule has 1 heteroatoms. The minimum Gasteiger partial charge on any atom is -0.327 e. The summed E-state index contributed by atoms with van der Waals surface area (Å²) in [6, 6.07) is 0.285. The average molecular weight is 139 g/mol. The predicted octanol–water partition coefficient (Wildman–Crippen LogP) is 2.08. The van der Waals surface area contributed by atoms with Crippen LogP contribution in [0, 0.1) is 5.41 Å². The van der Waals surface area contributed by atoms with Gasteiger partial charge in [-0.05, 0) is 19.8 Å². The van der Waals surface area contributed by atoms with Crippen molar-refractivity contribution in [2.75, 3.05) is 0 Å². The maximum absolute atomic E-state index is 5.87. The molecular formula is C9H17N. The number of rotatable bonds is 2. The van der Waals surface area contributed by atoms with Gasteiger partial charge >= 0.3 is 0 Å². The molecule has 0 bridgehead atoms. The summed E-state index contributed by atoms with van der Waals surface area (Å²) >= 11 is 0. The summed E-state index contributed by atoms with van der Waals surface area (Å²) in [5.74, 6) is 0. The quantitative estimate of drug-likeness (QED) is 0.582. The summed E-state index contributed by atoms with van der Waals surface area (Å²) in [5, 5.41) is 0. The Morgan fingerprint density at radius 2 is 2.00 bits per heavy atom. The van der Waals surface area contributed by atoms with Gasteiger partial charge in [-0.1, -0.05) is 18.9 Å². The van der Waals surface area contributed by atoms with Crippen LogP contribution in [0.2, 0.25) is 0 Å².